The average Bonchev–Trinajstić information content (AvgIpc) is 2.25. The van der Waals surface area contributed by atoms with Crippen LogP contribution in [0.2, 0.25) is 0 Å². The van der Waals surface area contributed by atoms with Gasteiger partial charge in [-0.25, -0.2) is 0 Å². The Morgan fingerprint density at radius 1 is 1.29 bits per heavy atom. The van der Waals surface area contributed by atoms with Crippen LogP contribution in [0.25, 0.3) is 10.9 Å². The van der Waals surface area contributed by atoms with Gasteiger partial charge in [0.1, 0.15) is 0 Å². The number of alkyl halides is 1. The van der Waals surface area contributed by atoms with Crippen LogP contribution in [0, 0.1) is 6.92 Å². The van der Waals surface area contributed by atoms with Gasteiger partial charge in [0.2, 0.25) is 0 Å². The van der Waals surface area contributed by atoms with Gasteiger partial charge in [-0.15, -0.1) is 11.6 Å². The maximum Gasteiger partial charge on any atom is 0.0861 e. The number of aromatic nitrogens is 1. The summed E-state index contributed by atoms with van der Waals surface area (Å²) in [6.07, 6.45) is 1.82. The maximum atomic E-state index is 10.2. The van der Waals surface area contributed by atoms with Crippen LogP contribution in [-0.4, -0.2) is 10.1 Å². The Labute approximate surface area is 106 Å². The van der Waals surface area contributed by atoms with Crippen LogP contribution >= 0.6 is 11.6 Å². The molecule has 0 bridgehead atoms. The Morgan fingerprint density at radius 3 is 2.59 bits per heavy atom. The number of aryl methyl sites for hydroxylation is 1. The summed E-state index contributed by atoms with van der Waals surface area (Å²) >= 11 is 5.89. The minimum Gasteiger partial charge on any atom is -0.386 e. The lowest BCUT2D eigenvalue weighted by Gasteiger charge is -2.20. The van der Waals surface area contributed by atoms with Crippen molar-refractivity contribution in [2.24, 2.45) is 0 Å². The van der Waals surface area contributed by atoms with Crippen LogP contribution in [0.5, 0.6) is 0 Å². The standard InChI is InChI=1S/C14H16ClNO/c1-9-4-11-5-10(7-15)6-12(14(2,3)17)13(11)16-8-9/h4-6,8,17H,7H2,1-3H3. The fourth-order valence-corrected chi connectivity index (χ4v) is 2.12. The first-order valence-electron chi connectivity index (χ1n) is 5.60. The van der Waals surface area contributed by atoms with Crippen LogP contribution in [-0.2, 0) is 11.5 Å². The number of fused-ring (bicyclic) bond motifs is 1. The van der Waals surface area contributed by atoms with E-state index in [9.17, 15) is 5.11 Å². The summed E-state index contributed by atoms with van der Waals surface area (Å²) in [5.41, 5.74) is 2.86. The number of hydrogen-bond donors (Lipinski definition) is 1. The fraction of sp³-hybridized carbons (Fsp3) is 0.357. The Morgan fingerprint density at radius 2 is 2.00 bits per heavy atom. The van der Waals surface area contributed by atoms with Crippen LogP contribution < -0.4 is 0 Å². The largest absolute Gasteiger partial charge is 0.386 e. The molecular formula is C14H16ClNO. The maximum absolute atomic E-state index is 10.2. The lowest BCUT2D eigenvalue weighted by atomic mass is 9.93. The van der Waals surface area contributed by atoms with E-state index >= 15 is 0 Å². The van der Waals surface area contributed by atoms with E-state index in [1.807, 2.05) is 25.3 Å². The fourth-order valence-electron chi connectivity index (χ4n) is 1.97. The molecule has 0 aliphatic heterocycles. The van der Waals surface area contributed by atoms with Crippen LogP contribution in [0.1, 0.15) is 30.5 Å². The first kappa shape index (κ1) is 12.3. The van der Waals surface area contributed by atoms with E-state index < -0.39 is 5.60 Å². The van der Waals surface area contributed by atoms with Gasteiger partial charge >= 0.3 is 0 Å². The average molecular weight is 250 g/mol. The van der Waals surface area contributed by atoms with Crippen molar-refractivity contribution in [3.63, 3.8) is 0 Å². The third-order valence-electron chi connectivity index (χ3n) is 2.79. The molecule has 2 rings (SSSR count). The molecule has 1 heterocycles. The molecule has 90 valence electrons. The van der Waals surface area contributed by atoms with Crippen molar-refractivity contribution in [3.05, 3.63) is 41.1 Å². The Kier molecular flexibility index (Phi) is 3.11. The molecule has 1 N–H and O–H groups in total. The number of aliphatic hydroxyl groups is 1. The van der Waals surface area contributed by atoms with Crippen molar-refractivity contribution in [1.82, 2.24) is 4.98 Å². The van der Waals surface area contributed by atoms with Crippen molar-refractivity contribution in [2.45, 2.75) is 32.3 Å². The van der Waals surface area contributed by atoms with Gasteiger partial charge in [-0.05, 0) is 50.1 Å². The molecule has 0 saturated heterocycles. The van der Waals surface area contributed by atoms with Gasteiger partial charge in [-0.2, -0.15) is 0 Å². The van der Waals surface area contributed by atoms with Gasteiger partial charge in [0.25, 0.3) is 0 Å². The summed E-state index contributed by atoms with van der Waals surface area (Å²) in [4.78, 5) is 4.42. The molecular weight excluding hydrogens is 234 g/mol. The zero-order valence-corrected chi connectivity index (χ0v) is 11.0. The van der Waals surface area contributed by atoms with E-state index in [0.29, 0.717) is 5.88 Å². The predicted octanol–water partition coefficient (Wildman–Crippen LogP) is 3.51. The highest BCUT2D eigenvalue weighted by atomic mass is 35.5. The zero-order valence-electron chi connectivity index (χ0n) is 10.3. The predicted molar refractivity (Wildman–Crippen MR) is 71.3 cm³/mol. The highest BCUT2D eigenvalue weighted by Crippen LogP contribution is 2.29. The van der Waals surface area contributed by atoms with Gasteiger partial charge in [0.05, 0.1) is 11.1 Å². The quantitative estimate of drug-likeness (QED) is 0.827. The van der Waals surface area contributed by atoms with Crippen LogP contribution in [0.3, 0.4) is 0 Å². The molecule has 1 aromatic carbocycles. The highest BCUT2D eigenvalue weighted by molar-refractivity contribution is 6.17. The molecule has 0 atom stereocenters. The minimum absolute atomic E-state index is 0.437. The van der Waals surface area contributed by atoms with Crippen LogP contribution in [0.4, 0.5) is 0 Å². The molecule has 2 nitrogen and oxygen atoms in total. The van der Waals surface area contributed by atoms with E-state index in [2.05, 4.69) is 11.1 Å². The molecule has 0 unspecified atom stereocenters. The Balaban J connectivity index is 2.81. The molecule has 1 aromatic heterocycles. The summed E-state index contributed by atoms with van der Waals surface area (Å²) in [6.45, 7) is 5.53. The highest BCUT2D eigenvalue weighted by Gasteiger charge is 2.20. The molecule has 2 aromatic rings. The summed E-state index contributed by atoms with van der Waals surface area (Å²) in [7, 11) is 0. The Hall–Kier alpha value is -1.12. The normalized spacial score (nSPS) is 12.1. The van der Waals surface area contributed by atoms with Gasteiger partial charge in [-0.3, -0.25) is 4.98 Å². The summed E-state index contributed by atoms with van der Waals surface area (Å²) < 4.78 is 0. The molecule has 0 fully saturated rings. The van der Waals surface area contributed by atoms with Crippen molar-refractivity contribution in [3.8, 4) is 0 Å². The Bertz CT molecular complexity index is 558. The van der Waals surface area contributed by atoms with Gasteiger partial charge in [-0.1, -0.05) is 0 Å². The number of nitrogens with zero attached hydrogens (tertiary/aromatic N) is 1. The van der Waals surface area contributed by atoms with E-state index in [1.54, 1.807) is 13.8 Å². The van der Waals surface area contributed by atoms with Gasteiger partial charge < -0.3 is 5.11 Å². The number of pyridine rings is 1. The van der Waals surface area contributed by atoms with E-state index in [4.69, 9.17) is 11.6 Å². The number of hydrogen-bond acceptors (Lipinski definition) is 2. The minimum atomic E-state index is -0.914. The van der Waals surface area contributed by atoms with Crippen molar-refractivity contribution in [1.29, 1.82) is 0 Å². The summed E-state index contributed by atoms with van der Waals surface area (Å²) in [6, 6.07) is 6.02. The molecule has 0 amide bonds. The molecule has 0 aliphatic carbocycles. The molecule has 0 spiro atoms. The summed E-state index contributed by atoms with van der Waals surface area (Å²) in [5.74, 6) is 0.437. The van der Waals surface area contributed by atoms with Crippen molar-refractivity contribution < 1.29 is 5.11 Å². The summed E-state index contributed by atoms with van der Waals surface area (Å²) in [5, 5.41) is 11.2. The van der Waals surface area contributed by atoms with E-state index in [1.165, 1.54) is 0 Å². The number of halogens is 1. The first-order valence-corrected chi connectivity index (χ1v) is 6.13. The molecule has 17 heavy (non-hydrogen) atoms. The van der Waals surface area contributed by atoms with Crippen molar-refractivity contribution in [2.75, 3.05) is 0 Å². The molecule has 0 saturated carbocycles. The van der Waals surface area contributed by atoms with Gasteiger partial charge in [0.15, 0.2) is 0 Å². The second kappa shape index (κ2) is 4.28. The first-order chi connectivity index (χ1) is 7.91. The third kappa shape index (κ3) is 2.43. The smallest absolute Gasteiger partial charge is 0.0861 e. The second-order valence-corrected chi connectivity index (χ2v) is 5.19. The van der Waals surface area contributed by atoms with E-state index in [-0.39, 0.29) is 0 Å². The zero-order chi connectivity index (χ0) is 12.6. The van der Waals surface area contributed by atoms with Gasteiger partial charge in [0, 0.05) is 23.0 Å². The third-order valence-corrected chi connectivity index (χ3v) is 3.10. The lowest BCUT2D eigenvalue weighted by molar-refractivity contribution is 0.0799. The lowest BCUT2D eigenvalue weighted by Crippen LogP contribution is -2.16. The SMILES string of the molecule is Cc1cnc2c(C(C)(C)O)cc(CCl)cc2c1. The van der Waals surface area contributed by atoms with E-state index in [0.717, 1.165) is 27.6 Å². The number of rotatable bonds is 2. The monoisotopic (exact) mass is 249 g/mol. The topological polar surface area (TPSA) is 33.1 Å². The molecule has 0 aliphatic rings. The molecule has 3 heteroatoms. The molecule has 0 radical (unpaired) electrons. The van der Waals surface area contributed by atoms with Crippen LogP contribution in [0.15, 0.2) is 24.4 Å². The number of benzene rings is 1. The van der Waals surface area contributed by atoms with Crippen molar-refractivity contribution >= 4 is 22.5 Å². The second-order valence-electron chi connectivity index (χ2n) is 4.92.